The first-order chi connectivity index (χ1) is 11.0. The molecule has 2 aromatic carbocycles. The molecule has 5 nitrogen and oxygen atoms in total. The second kappa shape index (κ2) is 7.69. The van der Waals surface area contributed by atoms with Gasteiger partial charge in [0, 0.05) is 11.8 Å². The minimum Gasteiger partial charge on any atom is -0.497 e. The van der Waals surface area contributed by atoms with Crippen molar-refractivity contribution in [3.05, 3.63) is 47.2 Å². The van der Waals surface area contributed by atoms with Crippen molar-refractivity contribution in [2.75, 3.05) is 31.4 Å². The van der Waals surface area contributed by atoms with E-state index in [1.54, 1.807) is 24.3 Å². The standard InChI is InChI=1S/C16H16ClFN2O3/c1-22-11-4-6-15(23-2)14(8-11)20-16(21)9-19-10-3-5-12(17)13(18)7-10/h3-8,19H,9H2,1-2H3,(H,20,21). The fraction of sp³-hybridized carbons (Fsp3) is 0.188. The average Bonchev–Trinajstić information content (AvgIpc) is 2.55. The third-order valence-corrected chi connectivity index (χ3v) is 3.36. The molecule has 2 N–H and O–H groups in total. The first-order valence-corrected chi connectivity index (χ1v) is 7.12. The molecule has 0 heterocycles. The van der Waals surface area contributed by atoms with Crippen molar-refractivity contribution in [1.29, 1.82) is 0 Å². The van der Waals surface area contributed by atoms with Gasteiger partial charge in [-0.3, -0.25) is 4.79 Å². The fourth-order valence-electron chi connectivity index (χ4n) is 1.89. The van der Waals surface area contributed by atoms with Crippen molar-refractivity contribution in [3.8, 4) is 11.5 Å². The van der Waals surface area contributed by atoms with Gasteiger partial charge in [-0.05, 0) is 30.3 Å². The van der Waals surface area contributed by atoms with E-state index in [1.165, 1.54) is 26.4 Å². The molecule has 0 bridgehead atoms. The van der Waals surface area contributed by atoms with E-state index in [1.807, 2.05) is 0 Å². The van der Waals surface area contributed by atoms with Crippen LogP contribution in [0.15, 0.2) is 36.4 Å². The Bertz CT molecular complexity index is 710. The van der Waals surface area contributed by atoms with Crippen LogP contribution in [0.3, 0.4) is 0 Å². The Labute approximate surface area is 138 Å². The highest BCUT2D eigenvalue weighted by Crippen LogP contribution is 2.28. The van der Waals surface area contributed by atoms with Crippen molar-refractivity contribution < 1.29 is 18.7 Å². The minimum absolute atomic E-state index is 0.0288. The summed E-state index contributed by atoms with van der Waals surface area (Å²) in [6.45, 7) is -0.0402. The number of ether oxygens (including phenoxy) is 2. The Kier molecular flexibility index (Phi) is 5.65. The Morgan fingerprint density at radius 1 is 1.17 bits per heavy atom. The molecule has 7 heteroatoms. The number of rotatable bonds is 6. The fourth-order valence-corrected chi connectivity index (χ4v) is 2.01. The quantitative estimate of drug-likeness (QED) is 0.845. The van der Waals surface area contributed by atoms with Crippen molar-refractivity contribution in [1.82, 2.24) is 0 Å². The lowest BCUT2D eigenvalue weighted by Crippen LogP contribution is -2.22. The minimum atomic E-state index is -0.550. The molecule has 1 amide bonds. The lowest BCUT2D eigenvalue weighted by Gasteiger charge is -2.12. The van der Waals surface area contributed by atoms with Crippen molar-refractivity contribution in [3.63, 3.8) is 0 Å². The number of methoxy groups -OCH3 is 2. The molecule has 0 aliphatic rings. The van der Waals surface area contributed by atoms with Crippen LogP contribution in [0.2, 0.25) is 5.02 Å². The van der Waals surface area contributed by atoms with Gasteiger partial charge in [0.25, 0.3) is 0 Å². The summed E-state index contributed by atoms with van der Waals surface area (Å²) in [5.74, 6) is 0.240. The van der Waals surface area contributed by atoms with Crippen LogP contribution in [0.4, 0.5) is 15.8 Å². The molecule has 122 valence electrons. The number of hydrogen-bond donors (Lipinski definition) is 2. The van der Waals surface area contributed by atoms with E-state index in [4.69, 9.17) is 21.1 Å². The summed E-state index contributed by atoms with van der Waals surface area (Å²) in [5, 5.41) is 5.55. The third-order valence-electron chi connectivity index (χ3n) is 3.05. The zero-order valence-corrected chi connectivity index (χ0v) is 13.4. The summed E-state index contributed by atoms with van der Waals surface area (Å²) in [7, 11) is 3.04. The maximum absolute atomic E-state index is 13.3. The number of benzene rings is 2. The molecule has 23 heavy (non-hydrogen) atoms. The van der Waals surface area contributed by atoms with Crippen molar-refractivity contribution in [2.45, 2.75) is 0 Å². The van der Waals surface area contributed by atoms with E-state index in [0.29, 0.717) is 22.9 Å². The Morgan fingerprint density at radius 2 is 1.96 bits per heavy atom. The molecule has 0 fully saturated rings. The SMILES string of the molecule is COc1ccc(OC)c(NC(=O)CNc2ccc(Cl)c(F)c2)c1. The van der Waals surface area contributed by atoms with Crippen LogP contribution in [0.5, 0.6) is 11.5 Å². The van der Waals surface area contributed by atoms with Gasteiger partial charge >= 0.3 is 0 Å². The van der Waals surface area contributed by atoms with Gasteiger partial charge in [0.1, 0.15) is 17.3 Å². The first kappa shape index (κ1) is 16.9. The summed E-state index contributed by atoms with van der Waals surface area (Å²) in [6.07, 6.45) is 0. The maximum Gasteiger partial charge on any atom is 0.243 e. The lowest BCUT2D eigenvalue weighted by atomic mass is 10.2. The van der Waals surface area contributed by atoms with Gasteiger partial charge < -0.3 is 20.1 Å². The lowest BCUT2D eigenvalue weighted by molar-refractivity contribution is -0.114. The zero-order chi connectivity index (χ0) is 16.8. The maximum atomic E-state index is 13.3. The highest BCUT2D eigenvalue weighted by atomic mass is 35.5. The molecule has 0 aliphatic heterocycles. The van der Waals surface area contributed by atoms with Crippen LogP contribution < -0.4 is 20.1 Å². The molecule has 2 aromatic rings. The van der Waals surface area contributed by atoms with Gasteiger partial charge in [0.2, 0.25) is 5.91 Å². The van der Waals surface area contributed by atoms with Crippen LogP contribution in [0, 0.1) is 5.82 Å². The number of anilines is 2. The summed E-state index contributed by atoms with van der Waals surface area (Å²) >= 11 is 5.60. The van der Waals surface area contributed by atoms with E-state index in [9.17, 15) is 9.18 Å². The van der Waals surface area contributed by atoms with Gasteiger partial charge in [-0.15, -0.1) is 0 Å². The van der Waals surface area contributed by atoms with Crippen LogP contribution in [0.1, 0.15) is 0 Å². The van der Waals surface area contributed by atoms with Crippen LogP contribution in [0.25, 0.3) is 0 Å². The van der Waals surface area contributed by atoms with Gasteiger partial charge in [0.15, 0.2) is 0 Å². The summed E-state index contributed by atoms with van der Waals surface area (Å²) in [5.41, 5.74) is 0.945. The highest BCUT2D eigenvalue weighted by molar-refractivity contribution is 6.30. The second-order valence-corrected chi connectivity index (χ2v) is 5.00. The molecular formula is C16H16ClFN2O3. The molecule has 0 saturated carbocycles. The summed E-state index contributed by atoms with van der Waals surface area (Å²) in [4.78, 5) is 12.0. The van der Waals surface area contributed by atoms with Crippen molar-refractivity contribution >= 4 is 28.9 Å². The van der Waals surface area contributed by atoms with Crippen LogP contribution >= 0.6 is 11.6 Å². The normalized spacial score (nSPS) is 10.1. The smallest absolute Gasteiger partial charge is 0.243 e. The number of carbonyl (C=O) groups is 1. The van der Waals surface area contributed by atoms with E-state index >= 15 is 0 Å². The van der Waals surface area contributed by atoms with Gasteiger partial charge in [-0.25, -0.2) is 4.39 Å². The molecule has 0 aromatic heterocycles. The number of hydrogen-bond acceptors (Lipinski definition) is 4. The van der Waals surface area contributed by atoms with Crippen LogP contribution in [-0.4, -0.2) is 26.7 Å². The van der Waals surface area contributed by atoms with E-state index < -0.39 is 5.82 Å². The molecule has 2 rings (SSSR count). The Balaban J connectivity index is 2.00. The van der Waals surface area contributed by atoms with Gasteiger partial charge in [-0.1, -0.05) is 11.6 Å². The largest absolute Gasteiger partial charge is 0.497 e. The monoisotopic (exact) mass is 338 g/mol. The first-order valence-electron chi connectivity index (χ1n) is 6.74. The highest BCUT2D eigenvalue weighted by Gasteiger charge is 2.09. The summed E-state index contributed by atoms with van der Waals surface area (Å²) < 4.78 is 23.6. The molecular weight excluding hydrogens is 323 g/mol. The molecule has 0 saturated heterocycles. The Hall–Kier alpha value is -2.47. The van der Waals surface area contributed by atoms with Gasteiger partial charge in [-0.2, -0.15) is 0 Å². The number of halogens is 2. The second-order valence-electron chi connectivity index (χ2n) is 4.60. The van der Waals surface area contributed by atoms with Gasteiger partial charge in [0.05, 0.1) is 31.5 Å². The van der Waals surface area contributed by atoms with E-state index in [2.05, 4.69) is 10.6 Å². The predicted molar refractivity (Wildman–Crippen MR) is 88.1 cm³/mol. The molecule has 0 unspecified atom stereocenters. The Morgan fingerprint density at radius 3 is 2.61 bits per heavy atom. The number of nitrogens with one attached hydrogen (secondary N) is 2. The summed E-state index contributed by atoms with van der Waals surface area (Å²) in [6, 6.07) is 9.30. The van der Waals surface area contributed by atoms with Crippen molar-refractivity contribution in [2.24, 2.45) is 0 Å². The van der Waals surface area contributed by atoms with E-state index in [0.717, 1.165) is 0 Å². The molecule has 0 spiro atoms. The average molecular weight is 339 g/mol. The van der Waals surface area contributed by atoms with E-state index in [-0.39, 0.29) is 17.5 Å². The molecule has 0 aliphatic carbocycles. The third kappa shape index (κ3) is 4.50. The topological polar surface area (TPSA) is 59.6 Å². The zero-order valence-electron chi connectivity index (χ0n) is 12.7. The number of carbonyl (C=O) groups excluding carboxylic acids is 1. The number of amides is 1. The molecule has 0 radical (unpaired) electrons. The predicted octanol–water partition coefficient (Wildman–Crippen LogP) is 3.55. The molecule has 0 atom stereocenters. The van der Waals surface area contributed by atoms with Crippen LogP contribution in [-0.2, 0) is 4.79 Å².